The van der Waals surface area contributed by atoms with Crippen molar-refractivity contribution in [2.45, 2.75) is 20.8 Å². The highest BCUT2D eigenvalue weighted by Gasteiger charge is 2.15. The second-order valence-corrected chi connectivity index (χ2v) is 5.93. The number of hydrogen-bond acceptors (Lipinski definition) is 3. The van der Waals surface area contributed by atoms with Crippen LogP contribution >= 0.6 is 0 Å². The molecule has 2 rings (SSSR count). The van der Waals surface area contributed by atoms with Crippen LogP contribution < -0.4 is 16.0 Å². The number of carbonyl (C=O) groups excluding carboxylic acids is 3. The summed E-state index contributed by atoms with van der Waals surface area (Å²) in [6.45, 7) is 5.43. The number of amides is 3. The summed E-state index contributed by atoms with van der Waals surface area (Å²) >= 11 is 0. The van der Waals surface area contributed by atoms with E-state index in [1.54, 1.807) is 18.2 Å². The van der Waals surface area contributed by atoms with Crippen LogP contribution in [0.5, 0.6) is 0 Å². The quantitative estimate of drug-likeness (QED) is 0.747. The van der Waals surface area contributed by atoms with Crippen LogP contribution in [0.1, 0.15) is 16.7 Å². The van der Waals surface area contributed by atoms with E-state index in [4.69, 9.17) is 0 Å². The highest BCUT2D eigenvalue weighted by Crippen LogP contribution is 2.13. The molecule has 0 aliphatic carbocycles. The lowest BCUT2D eigenvalue weighted by atomic mass is 10.1. The molecule has 0 atom stereocenters. The highest BCUT2D eigenvalue weighted by atomic mass is 16.2. The first-order valence-corrected chi connectivity index (χ1v) is 7.87. The van der Waals surface area contributed by atoms with Gasteiger partial charge in [0.05, 0.1) is 6.54 Å². The van der Waals surface area contributed by atoms with Gasteiger partial charge in [0.1, 0.15) is 0 Å². The summed E-state index contributed by atoms with van der Waals surface area (Å²) in [5.41, 5.74) is 4.15. The topological polar surface area (TPSA) is 87.3 Å². The Labute approximate surface area is 146 Å². The van der Waals surface area contributed by atoms with Gasteiger partial charge in [-0.2, -0.15) is 0 Å². The molecule has 130 valence electrons. The van der Waals surface area contributed by atoms with Gasteiger partial charge in [0.15, 0.2) is 0 Å². The lowest BCUT2D eigenvalue weighted by Crippen LogP contribution is -2.39. The largest absolute Gasteiger partial charge is 0.339 e. The molecule has 0 unspecified atom stereocenters. The van der Waals surface area contributed by atoms with Gasteiger partial charge < -0.3 is 16.0 Å². The van der Waals surface area contributed by atoms with Crippen molar-refractivity contribution in [1.29, 1.82) is 0 Å². The van der Waals surface area contributed by atoms with Crippen LogP contribution in [0, 0.1) is 20.8 Å². The molecule has 25 heavy (non-hydrogen) atoms. The van der Waals surface area contributed by atoms with Gasteiger partial charge in [-0.05, 0) is 61.7 Å². The summed E-state index contributed by atoms with van der Waals surface area (Å²) in [6.07, 6.45) is 0. The predicted octanol–water partition coefficient (Wildman–Crippen LogP) is 2.31. The van der Waals surface area contributed by atoms with Crippen molar-refractivity contribution < 1.29 is 14.4 Å². The van der Waals surface area contributed by atoms with Crippen molar-refractivity contribution in [3.05, 3.63) is 59.2 Å². The zero-order valence-corrected chi connectivity index (χ0v) is 14.5. The fourth-order valence-electron chi connectivity index (χ4n) is 2.40. The molecule has 0 spiro atoms. The normalized spacial score (nSPS) is 10.0. The van der Waals surface area contributed by atoms with Gasteiger partial charge in [-0.3, -0.25) is 14.4 Å². The molecule has 6 nitrogen and oxygen atoms in total. The van der Waals surface area contributed by atoms with E-state index in [-0.39, 0.29) is 6.54 Å². The van der Waals surface area contributed by atoms with Gasteiger partial charge in [0.2, 0.25) is 5.91 Å². The molecule has 2 aromatic carbocycles. The number of rotatable bonds is 4. The Balaban J connectivity index is 1.84. The summed E-state index contributed by atoms with van der Waals surface area (Å²) in [4.78, 5) is 35.6. The van der Waals surface area contributed by atoms with E-state index in [0.29, 0.717) is 11.4 Å². The molecule has 0 bridgehead atoms. The van der Waals surface area contributed by atoms with Crippen molar-refractivity contribution in [2.24, 2.45) is 0 Å². The van der Waals surface area contributed by atoms with Crippen LogP contribution in [0.15, 0.2) is 42.5 Å². The second-order valence-electron chi connectivity index (χ2n) is 5.93. The van der Waals surface area contributed by atoms with E-state index in [2.05, 4.69) is 16.0 Å². The number of carbonyl (C=O) groups is 3. The lowest BCUT2D eigenvalue weighted by molar-refractivity contribution is -0.136. The average molecular weight is 339 g/mol. The van der Waals surface area contributed by atoms with Crippen molar-refractivity contribution >= 4 is 29.1 Å². The second kappa shape index (κ2) is 8.10. The average Bonchev–Trinajstić information content (AvgIpc) is 2.51. The van der Waals surface area contributed by atoms with Crippen LogP contribution in [-0.2, 0) is 14.4 Å². The minimum Gasteiger partial charge on any atom is -0.339 e. The van der Waals surface area contributed by atoms with Crippen LogP contribution in [0.3, 0.4) is 0 Å². The molecule has 0 heterocycles. The third kappa shape index (κ3) is 5.76. The van der Waals surface area contributed by atoms with Crippen molar-refractivity contribution in [1.82, 2.24) is 5.32 Å². The van der Waals surface area contributed by atoms with Crippen LogP contribution in [0.4, 0.5) is 11.4 Å². The van der Waals surface area contributed by atoms with Gasteiger partial charge in [0.25, 0.3) is 0 Å². The van der Waals surface area contributed by atoms with Crippen molar-refractivity contribution in [2.75, 3.05) is 17.2 Å². The summed E-state index contributed by atoms with van der Waals surface area (Å²) in [5, 5.41) is 7.48. The van der Waals surface area contributed by atoms with E-state index in [0.717, 1.165) is 16.7 Å². The van der Waals surface area contributed by atoms with Gasteiger partial charge in [-0.25, -0.2) is 0 Å². The molecule has 3 amide bonds. The number of anilines is 2. The Morgan fingerprint density at radius 3 is 2.04 bits per heavy atom. The number of hydrogen-bond donors (Lipinski definition) is 3. The fourth-order valence-corrected chi connectivity index (χ4v) is 2.40. The van der Waals surface area contributed by atoms with E-state index >= 15 is 0 Å². The Morgan fingerprint density at radius 1 is 0.760 bits per heavy atom. The molecule has 0 fully saturated rings. The smallest absolute Gasteiger partial charge is 0.313 e. The molecular formula is C19H21N3O3. The van der Waals surface area contributed by atoms with Crippen LogP contribution in [-0.4, -0.2) is 24.3 Å². The molecular weight excluding hydrogens is 318 g/mol. The first-order chi connectivity index (χ1) is 11.8. The Kier molecular flexibility index (Phi) is 5.89. The predicted molar refractivity (Wildman–Crippen MR) is 97.4 cm³/mol. The Bertz CT molecular complexity index is 795. The first kappa shape index (κ1) is 18.2. The molecule has 3 N–H and O–H groups in total. The SMILES string of the molecule is Cc1cccc(NC(=O)CNC(=O)C(=O)Nc2cc(C)cc(C)c2)c1. The van der Waals surface area contributed by atoms with E-state index in [9.17, 15) is 14.4 Å². The Hall–Kier alpha value is -3.15. The van der Waals surface area contributed by atoms with E-state index in [1.165, 1.54) is 0 Å². The van der Waals surface area contributed by atoms with Gasteiger partial charge in [-0.1, -0.05) is 18.2 Å². The maximum Gasteiger partial charge on any atom is 0.313 e. The van der Waals surface area contributed by atoms with Crippen LogP contribution in [0.25, 0.3) is 0 Å². The molecule has 6 heteroatoms. The lowest BCUT2D eigenvalue weighted by Gasteiger charge is -2.09. The fraction of sp³-hybridized carbons (Fsp3) is 0.211. The van der Waals surface area contributed by atoms with E-state index < -0.39 is 17.7 Å². The summed E-state index contributed by atoms with van der Waals surface area (Å²) in [7, 11) is 0. The summed E-state index contributed by atoms with van der Waals surface area (Å²) in [5.74, 6) is -2.08. The van der Waals surface area contributed by atoms with Gasteiger partial charge in [0, 0.05) is 11.4 Å². The first-order valence-electron chi connectivity index (χ1n) is 7.87. The molecule has 0 aliphatic heterocycles. The van der Waals surface area contributed by atoms with Crippen LogP contribution in [0.2, 0.25) is 0 Å². The zero-order chi connectivity index (χ0) is 18.4. The van der Waals surface area contributed by atoms with Gasteiger partial charge >= 0.3 is 11.8 Å². The summed E-state index contributed by atoms with van der Waals surface area (Å²) in [6, 6.07) is 12.8. The number of benzene rings is 2. The molecule has 0 saturated carbocycles. The number of aryl methyl sites for hydroxylation is 3. The maximum absolute atomic E-state index is 11.9. The van der Waals surface area contributed by atoms with E-state index in [1.807, 2.05) is 45.0 Å². The molecule has 2 aromatic rings. The minimum absolute atomic E-state index is 0.285. The Morgan fingerprint density at radius 2 is 1.40 bits per heavy atom. The maximum atomic E-state index is 11.9. The number of nitrogens with one attached hydrogen (secondary N) is 3. The molecule has 0 aromatic heterocycles. The van der Waals surface area contributed by atoms with Gasteiger partial charge in [-0.15, -0.1) is 0 Å². The zero-order valence-electron chi connectivity index (χ0n) is 14.5. The van der Waals surface area contributed by atoms with Crippen molar-refractivity contribution in [3.63, 3.8) is 0 Å². The third-order valence-electron chi connectivity index (χ3n) is 3.40. The standard InChI is InChI=1S/C19H21N3O3/c1-12-5-4-6-15(8-12)21-17(23)11-20-18(24)19(25)22-16-9-13(2)7-14(3)10-16/h4-10H,11H2,1-3H3,(H,20,24)(H,21,23)(H,22,25). The molecule has 0 radical (unpaired) electrons. The third-order valence-corrected chi connectivity index (χ3v) is 3.40. The minimum atomic E-state index is -0.862. The highest BCUT2D eigenvalue weighted by molar-refractivity contribution is 6.39. The monoisotopic (exact) mass is 339 g/mol. The molecule has 0 saturated heterocycles. The summed E-state index contributed by atoms with van der Waals surface area (Å²) < 4.78 is 0. The van der Waals surface area contributed by atoms with Crippen molar-refractivity contribution in [3.8, 4) is 0 Å². The molecule has 0 aliphatic rings.